The molecule has 54 valence electrons. The summed E-state index contributed by atoms with van der Waals surface area (Å²) in [5.41, 5.74) is 1.18. The molecule has 0 amide bonds. The smallest absolute Gasteiger partial charge is 0.135 e. The molecular weight excluding hydrogens is 128 g/mol. The monoisotopic (exact) mass is 138 g/mol. The molecular formula is C8H10O2. The minimum atomic E-state index is -0.348. The van der Waals surface area contributed by atoms with Gasteiger partial charge in [-0.2, -0.15) is 0 Å². The van der Waals surface area contributed by atoms with Crippen LogP contribution in [0, 0.1) is 0 Å². The van der Waals surface area contributed by atoms with Gasteiger partial charge in [-0.1, -0.05) is 0 Å². The van der Waals surface area contributed by atoms with Crippen LogP contribution < -0.4 is 0 Å². The van der Waals surface area contributed by atoms with E-state index in [0.717, 1.165) is 25.0 Å². The van der Waals surface area contributed by atoms with Crippen LogP contribution in [-0.4, -0.2) is 5.11 Å². The van der Waals surface area contributed by atoms with Crippen molar-refractivity contribution >= 4 is 0 Å². The summed E-state index contributed by atoms with van der Waals surface area (Å²) in [5.74, 6) is 0.784. The molecule has 2 heteroatoms. The first-order valence-electron chi connectivity index (χ1n) is 3.62. The Balaban J connectivity index is 2.41. The van der Waals surface area contributed by atoms with E-state index >= 15 is 0 Å². The number of furan rings is 1. The molecule has 1 unspecified atom stereocenters. The molecule has 0 bridgehead atoms. The number of aliphatic hydroxyl groups excluding tert-OH is 1. The van der Waals surface area contributed by atoms with Crippen molar-refractivity contribution in [1.29, 1.82) is 0 Å². The molecule has 0 saturated carbocycles. The average Bonchev–Trinajstić information content (AvgIpc) is 2.36. The number of rotatable bonds is 0. The van der Waals surface area contributed by atoms with Gasteiger partial charge in [0.2, 0.25) is 0 Å². The van der Waals surface area contributed by atoms with Gasteiger partial charge in [-0.15, -0.1) is 0 Å². The summed E-state index contributed by atoms with van der Waals surface area (Å²) in [5, 5.41) is 9.36. The lowest BCUT2D eigenvalue weighted by Crippen LogP contribution is -2.05. The SMILES string of the molecule is OC1CCCc2ccoc21. The van der Waals surface area contributed by atoms with E-state index in [1.165, 1.54) is 5.56 Å². The van der Waals surface area contributed by atoms with E-state index in [2.05, 4.69) is 0 Å². The highest BCUT2D eigenvalue weighted by Crippen LogP contribution is 2.29. The maximum absolute atomic E-state index is 9.36. The van der Waals surface area contributed by atoms with Crippen LogP contribution in [0.2, 0.25) is 0 Å². The van der Waals surface area contributed by atoms with Gasteiger partial charge >= 0.3 is 0 Å². The second-order valence-corrected chi connectivity index (χ2v) is 2.72. The average molecular weight is 138 g/mol. The Labute approximate surface area is 59.5 Å². The molecule has 0 fully saturated rings. The molecule has 1 aromatic heterocycles. The fraction of sp³-hybridized carbons (Fsp3) is 0.500. The first-order valence-corrected chi connectivity index (χ1v) is 3.62. The van der Waals surface area contributed by atoms with E-state index in [9.17, 15) is 5.11 Å². The predicted octanol–water partition coefficient (Wildman–Crippen LogP) is 1.65. The van der Waals surface area contributed by atoms with E-state index in [-0.39, 0.29) is 6.10 Å². The van der Waals surface area contributed by atoms with E-state index in [0.29, 0.717) is 0 Å². The van der Waals surface area contributed by atoms with Crippen molar-refractivity contribution in [2.24, 2.45) is 0 Å². The summed E-state index contributed by atoms with van der Waals surface area (Å²) in [7, 11) is 0. The van der Waals surface area contributed by atoms with Gasteiger partial charge in [0.05, 0.1) is 6.26 Å². The van der Waals surface area contributed by atoms with Crippen molar-refractivity contribution < 1.29 is 9.52 Å². The largest absolute Gasteiger partial charge is 0.466 e. The number of hydrogen-bond donors (Lipinski definition) is 1. The van der Waals surface area contributed by atoms with Gasteiger partial charge in [-0.25, -0.2) is 0 Å². The summed E-state index contributed by atoms with van der Waals surface area (Å²) in [4.78, 5) is 0. The lowest BCUT2D eigenvalue weighted by atomic mass is 9.96. The van der Waals surface area contributed by atoms with E-state index in [1.54, 1.807) is 6.26 Å². The Morgan fingerprint density at radius 3 is 3.30 bits per heavy atom. The molecule has 0 radical (unpaired) electrons. The van der Waals surface area contributed by atoms with Crippen LogP contribution in [0.25, 0.3) is 0 Å². The molecule has 0 aromatic carbocycles. The lowest BCUT2D eigenvalue weighted by molar-refractivity contribution is 0.129. The molecule has 1 aliphatic carbocycles. The number of aryl methyl sites for hydroxylation is 1. The fourth-order valence-electron chi connectivity index (χ4n) is 1.46. The maximum atomic E-state index is 9.36. The molecule has 0 aliphatic heterocycles. The normalized spacial score (nSPS) is 24.3. The van der Waals surface area contributed by atoms with Crippen LogP contribution in [0.4, 0.5) is 0 Å². The van der Waals surface area contributed by atoms with Crippen LogP contribution in [-0.2, 0) is 6.42 Å². The molecule has 1 N–H and O–H groups in total. The molecule has 1 aliphatic rings. The van der Waals surface area contributed by atoms with Gasteiger partial charge in [0.1, 0.15) is 11.9 Å². The van der Waals surface area contributed by atoms with E-state index in [4.69, 9.17) is 4.42 Å². The Morgan fingerprint density at radius 2 is 2.50 bits per heavy atom. The lowest BCUT2D eigenvalue weighted by Gasteiger charge is -2.14. The predicted molar refractivity (Wildman–Crippen MR) is 36.6 cm³/mol. The molecule has 1 atom stereocenters. The zero-order valence-electron chi connectivity index (χ0n) is 5.71. The van der Waals surface area contributed by atoms with Crippen molar-refractivity contribution in [1.82, 2.24) is 0 Å². The topological polar surface area (TPSA) is 33.4 Å². The van der Waals surface area contributed by atoms with Crippen molar-refractivity contribution in [3.63, 3.8) is 0 Å². The van der Waals surface area contributed by atoms with Crippen molar-refractivity contribution in [2.45, 2.75) is 25.4 Å². The van der Waals surface area contributed by atoms with Crippen molar-refractivity contribution in [3.05, 3.63) is 23.7 Å². The van der Waals surface area contributed by atoms with Crippen LogP contribution in [0.5, 0.6) is 0 Å². The summed E-state index contributed by atoms with van der Waals surface area (Å²) < 4.78 is 5.12. The number of fused-ring (bicyclic) bond motifs is 1. The Bertz CT molecular complexity index is 227. The van der Waals surface area contributed by atoms with Crippen molar-refractivity contribution in [2.75, 3.05) is 0 Å². The standard InChI is InChI=1S/C8H10O2/c9-7-3-1-2-6-4-5-10-8(6)7/h4-5,7,9H,1-3H2. The third kappa shape index (κ3) is 0.762. The third-order valence-electron chi connectivity index (χ3n) is 2.01. The molecule has 10 heavy (non-hydrogen) atoms. The number of hydrogen-bond acceptors (Lipinski definition) is 2. The summed E-state index contributed by atoms with van der Waals surface area (Å²) in [6.07, 6.45) is 4.29. The second-order valence-electron chi connectivity index (χ2n) is 2.72. The molecule has 0 spiro atoms. The fourth-order valence-corrected chi connectivity index (χ4v) is 1.46. The molecule has 0 saturated heterocycles. The van der Waals surface area contributed by atoms with Crippen LogP contribution in [0.15, 0.2) is 16.7 Å². The number of aliphatic hydroxyl groups is 1. The van der Waals surface area contributed by atoms with Gasteiger partial charge in [0.15, 0.2) is 0 Å². The van der Waals surface area contributed by atoms with Crippen LogP contribution >= 0.6 is 0 Å². The van der Waals surface area contributed by atoms with E-state index < -0.39 is 0 Å². The minimum Gasteiger partial charge on any atom is -0.466 e. The molecule has 1 heterocycles. The van der Waals surface area contributed by atoms with Gasteiger partial charge in [0.25, 0.3) is 0 Å². The highest BCUT2D eigenvalue weighted by Gasteiger charge is 2.20. The molecule has 2 nitrogen and oxygen atoms in total. The highest BCUT2D eigenvalue weighted by molar-refractivity contribution is 5.21. The van der Waals surface area contributed by atoms with Gasteiger partial charge in [-0.3, -0.25) is 0 Å². The highest BCUT2D eigenvalue weighted by atomic mass is 16.4. The Hall–Kier alpha value is -0.760. The third-order valence-corrected chi connectivity index (χ3v) is 2.01. The summed E-state index contributed by atoms with van der Waals surface area (Å²) >= 11 is 0. The quantitative estimate of drug-likeness (QED) is 0.591. The second kappa shape index (κ2) is 2.13. The zero-order valence-corrected chi connectivity index (χ0v) is 5.71. The summed E-state index contributed by atoms with van der Waals surface area (Å²) in [6, 6.07) is 1.94. The Morgan fingerprint density at radius 1 is 1.60 bits per heavy atom. The molecule has 1 aromatic rings. The van der Waals surface area contributed by atoms with Crippen LogP contribution in [0.1, 0.15) is 30.3 Å². The van der Waals surface area contributed by atoms with Gasteiger partial charge in [0, 0.05) is 0 Å². The first kappa shape index (κ1) is 5.98. The molecule has 2 rings (SSSR count). The first-order chi connectivity index (χ1) is 4.88. The Kier molecular flexibility index (Phi) is 1.27. The van der Waals surface area contributed by atoms with Gasteiger partial charge in [-0.05, 0) is 30.9 Å². The maximum Gasteiger partial charge on any atom is 0.135 e. The van der Waals surface area contributed by atoms with E-state index in [1.807, 2.05) is 6.07 Å². The van der Waals surface area contributed by atoms with Gasteiger partial charge < -0.3 is 9.52 Å². The van der Waals surface area contributed by atoms with Crippen LogP contribution in [0.3, 0.4) is 0 Å². The summed E-state index contributed by atoms with van der Waals surface area (Å²) in [6.45, 7) is 0. The van der Waals surface area contributed by atoms with Crippen molar-refractivity contribution in [3.8, 4) is 0 Å². The minimum absolute atomic E-state index is 0.348. The zero-order chi connectivity index (χ0) is 6.97.